The van der Waals surface area contributed by atoms with Crippen LogP contribution in [-0.4, -0.2) is 21.9 Å². The van der Waals surface area contributed by atoms with E-state index in [1.807, 2.05) is 13.8 Å². The molecule has 1 aromatic carbocycles. The van der Waals surface area contributed by atoms with Gasteiger partial charge in [0.05, 0.1) is 18.3 Å². The van der Waals surface area contributed by atoms with E-state index in [-0.39, 0.29) is 5.78 Å². The van der Waals surface area contributed by atoms with Gasteiger partial charge in [0.1, 0.15) is 12.4 Å². The predicted molar refractivity (Wildman–Crippen MR) is 78.0 cm³/mol. The molecule has 0 fully saturated rings. The van der Waals surface area contributed by atoms with E-state index >= 15 is 0 Å². The van der Waals surface area contributed by atoms with Crippen LogP contribution in [0.2, 0.25) is 5.02 Å². The van der Waals surface area contributed by atoms with Crippen LogP contribution < -0.4 is 4.74 Å². The van der Waals surface area contributed by atoms with E-state index in [1.54, 1.807) is 47.6 Å². The minimum atomic E-state index is -0.566. The van der Waals surface area contributed by atoms with Crippen molar-refractivity contribution in [3.63, 3.8) is 0 Å². The molecule has 2 rings (SSSR count). The molecular weight excluding hydrogens is 276 g/mol. The average Bonchev–Trinajstić information content (AvgIpc) is 2.91. The van der Waals surface area contributed by atoms with Crippen LogP contribution in [0, 0.1) is 5.41 Å². The zero-order valence-electron chi connectivity index (χ0n) is 11.5. The van der Waals surface area contributed by atoms with E-state index in [9.17, 15) is 4.79 Å². The van der Waals surface area contributed by atoms with E-state index in [0.717, 1.165) is 0 Å². The number of ketones is 1. The normalized spacial score (nSPS) is 11.3. The number of ether oxygens (including phenoxy) is 1. The molecule has 0 aliphatic rings. The van der Waals surface area contributed by atoms with Gasteiger partial charge in [-0.2, -0.15) is 0 Å². The van der Waals surface area contributed by atoms with Crippen LogP contribution in [0.3, 0.4) is 0 Å². The van der Waals surface area contributed by atoms with Crippen LogP contribution in [0.25, 0.3) is 0 Å². The van der Waals surface area contributed by atoms with Gasteiger partial charge in [-0.15, -0.1) is 0 Å². The number of hydrogen-bond donors (Lipinski definition) is 0. The van der Waals surface area contributed by atoms with Crippen LogP contribution in [0.1, 0.15) is 13.8 Å². The lowest BCUT2D eigenvalue weighted by molar-refractivity contribution is -0.129. The van der Waals surface area contributed by atoms with Crippen molar-refractivity contribution in [2.24, 2.45) is 5.41 Å². The molecule has 0 N–H and O–H groups in total. The zero-order valence-corrected chi connectivity index (χ0v) is 12.3. The Bertz CT molecular complexity index is 562. The standard InChI is InChI=1S/C15H17ClN2O2/c1-15(2,14(19)9-18-8-7-17-11-18)10-20-13-5-3-12(16)4-6-13/h3-8,11H,9-10H2,1-2H3. The van der Waals surface area contributed by atoms with Gasteiger partial charge in [0.25, 0.3) is 0 Å². The molecule has 0 atom stereocenters. The summed E-state index contributed by atoms with van der Waals surface area (Å²) in [6.07, 6.45) is 5.06. The summed E-state index contributed by atoms with van der Waals surface area (Å²) in [6, 6.07) is 7.10. The highest BCUT2D eigenvalue weighted by atomic mass is 35.5. The molecule has 0 unspecified atom stereocenters. The fourth-order valence-corrected chi connectivity index (χ4v) is 1.76. The van der Waals surface area contributed by atoms with Crippen LogP contribution in [0.15, 0.2) is 43.0 Å². The third kappa shape index (κ3) is 3.84. The van der Waals surface area contributed by atoms with E-state index in [1.165, 1.54) is 0 Å². The van der Waals surface area contributed by atoms with Crippen LogP contribution in [0.5, 0.6) is 5.75 Å². The lowest BCUT2D eigenvalue weighted by Gasteiger charge is -2.23. The van der Waals surface area contributed by atoms with Crippen molar-refractivity contribution in [3.05, 3.63) is 48.0 Å². The Balaban J connectivity index is 1.92. The van der Waals surface area contributed by atoms with Gasteiger partial charge in [-0.3, -0.25) is 4.79 Å². The summed E-state index contributed by atoms with van der Waals surface area (Å²) in [5.74, 6) is 0.808. The van der Waals surface area contributed by atoms with Gasteiger partial charge >= 0.3 is 0 Å². The van der Waals surface area contributed by atoms with Crippen LogP contribution in [0.4, 0.5) is 0 Å². The quantitative estimate of drug-likeness (QED) is 0.821. The maximum absolute atomic E-state index is 12.3. The number of Topliss-reactive ketones (excluding diaryl/α,β-unsaturated/α-hetero) is 1. The molecule has 4 nitrogen and oxygen atoms in total. The third-order valence-electron chi connectivity index (χ3n) is 3.05. The van der Waals surface area contributed by atoms with Crippen molar-refractivity contribution in [2.75, 3.05) is 6.61 Å². The van der Waals surface area contributed by atoms with Crippen LogP contribution in [-0.2, 0) is 11.3 Å². The van der Waals surface area contributed by atoms with Gasteiger partial charge in [-0.1, -0.05) is 11.6 Å². The topological polar surface area (TPSA) is 44.1 Å². The highest BCUT2D eigenvalue weighted by Crippen LogP contribution is 2.22. The number of rotatable bonds is 6. The second-order valence-electron chi connectivity index (χ2n) is 5.28. The molecule has 5 heteroatoms. The number of carbonyl (C=O) groups excluding carboxylic acids is 1. The summed E-state index contributed by atoms with van der Waals surface area (Å²) in [6.45, 7) is 4.38. The summed E-state index contributed by atoms with van der Waals surface area (Å²) in [5.41, 5.74) is -0.566. The van der Waals surface area contributed by atoms with Crippen molar-refractivity contribution < 1.29 is 9.53 Å². The number of carbonyl (C=O) groups is 1. The van der Waals surface area contributed by atoms with Crippen molar-refractivity contribution >= 4 is 17.4 Å². The van der Waals surface area contributed by atoms with Crippen molar-refractivity contribution in [1.29, 1.82) is 0 Å². The molecule has 0 aliphatic heterocycles. The maximum Gasteiger partial charge on any atom is 0.161 e. The fourth-order valence-electron chi connectivity index (χ4n) is 1.64. The minimum Gasteiger partial charge on any atom is -0.493 e. The zero-order chi connectivity index (χ0) is 14.6. The summed E-state index contributed by atoms with van der Waals surface area (Å²) in [5, 5.41) is 0.660. The molecular formula is C15H17ClN2O2. The van der Waals surface area contributed by atoms with Gasteiger partial charge in [-0.25, -0.2) is 4.98 Å². The first-order valence-electron chi connectivity index (χ1n) is 6.35. The first-order chi connectivity index (χ1) is 9.47. The highest BCUT2D eigenvalue weighted by molar-refractivity contribution is 6.30. The van der Waals surface area contributed by atoms with Gasteiger partial charge < -0.3 is 9.30 Å². The summed E-state index contributed by atoms with van der Waals surface area (Å²) in [4.78, 5) is 16.2. The van der Waals surface area contributed by atoms with Gasteiger partial charge in [0, 0.05) is 17.4 Å². The van der Waals surface area contributed by atoms with Gasteiger partial charge in [-0.05, 0) is 38.1 Å². The summed E-state index contributed by atoms with van der Waals surface area (Å²) < 4.78 is 7.42. The number of nitrogens with zero attached hydrogens (tertiary/aromatic N) is 2. The Morgan fingerprint density at radius 2 is 2.05 bits per heavy atom. The Morgan fingerprint density at radius 1 is 1.35 bits per heavy atom. The van der Waals surface area contributed by atoms with Crippen molar-refractivity contribution in [1.82, 2.24) is 9.55 Å². The van der Waals surface area contributed by atoms with Crippen molar-refractivity contribution in [3.8, 4) is 5.75 Å². The fraction of sp³-hybridized carbons (Fsp3) is 0.333. The molecule has 0 spiro atoms. The third-order valence-corrected chi connectivity index (χ3v) is 3.31. The van der Waals surface area contributed by atoms with Gasteiger partial charge in [0.15, 0.2) is 5.78 Å². The SMILES string of the molecule is CC(C)(COc1ccc(Cl)cc1)C(=O)Cn1ccnc1. The highest BCUT2D eigenvalue weighted by Gasteiger charge is 2.28. The molecule has 106 valence electrons. The van der Waals surface area contributed by atoms with Gasteiger partial charge in [0.2, 0.25) is 0 Å². The summed E-state index contributed by atoms with van der Waals surface area (Å²) in [7, 11) is 0. The van der Waals surface area contributed by atoms with E-state index in [2.05, 4.69) is 4.98 Å². The van der Waals surface area contributed by atoms with E-state index in [0.29, 0.717) is 23.9 Å². The Labute approximate surface area is 123 Å². The number of imidazole rings is 1. The molecule has 0 amide bonds. The monoisotopic (exact) mass is 292 g/mol. The minimum absolute atomic E-state index is 0.101. The smallest absolute Gasteiger partial charge is 0.161 e. The Hall–Kier alpha value is -1.81. The first-order valence-corrected chi connectivity index (χ1v) is 6.72. The average molecular weight is 293 g/mol. The molecule has 0 bridgehead atoms. The predicted octanol–water partition coefficient (Wildman–Crippen LogP) is 3.21. The summed E-state index contributed by atoms with van der Waals surface area (Å²) >= 11 is 5.81. The van der Waals surface area contributed by atoms with Crippen molar-refractivity contribution in [2.45, 2.75) is 20.4 Å². The second kappa shape index (κ2) is 6.09. The molecule has 1 heterocycles. The molecule has 0 saturated carbocycles. The maximum atomic E-state index is 12.3. The molecule has 0 saturated heterocycles. The molecule has 0 radical (unpaired) electrons. The second-order valence-corrected chi connectivity index (χ2v) is 5.72. The molecule has 20 heavy (non-hydrogen) atoms. The molecule has 1 aromatic heterocycles. The number of hydrogen-bond acceptors (Lipinski definition) is 3. The first kappa shape index (κ1) is 14.6. The Kier molecular flexibility index (Phi) is 4.45. The Morgan fingerprint density at radius 3 is 2.65 bits per heavy atom. The van der Waals surface area contributed by atoms with E-state index in [4.69, 9.17) is 16.3 Å². The van der Waals surface area contributed by atoms with E-state index < -0.39 is 5.41 Å². The van der Waals surface area contributed by atoms with Crippen LogP contribution >= 0.6 is 11.6 Å². The number of halogens is 1. The molecule has 0 aliphatic carbocycles. The molecule has 2 aromatic rings. The number of benzene rings is 1. The largest absolute Gasteiger partial charge is 0.493 e. The lowest BCUT2D eigenvalue weighted by Crippen LogP contribution is -2.33. The lowest BCUT2D eigenvalue weighted by atomic mass is 9.89. The number of aromatic nitrogens is 2.